The second-order valence-electron chi connectivity index (χ2n) is 4.55. The van der Waals surface area contributed by atoms with Crippen LogP contribution in [-0.4, -0.2) is 25.3 Å². The number of nitrogen functional groups attached to an aromatic ring is 1. The summed E-state index contributed by atoms with van der Waals surface area (Å²) < 4.78 is 5.69. The molecule has 1 aromatic carbocycles. The van der Waals surface area contributed by atoms with E-state index in [9.17, 15) is 0 Å². The molecule has 2 rings (SSSR count). The first-order chi connectivity index (χ1) is 8.10. The van der Waals surface area contributed by atoms with Crippen LogP contribution in [0.4, 0.5) is 11.4 Å². The van der Waals surface area contributed by atoms with Crippen LogP contribution in [0.3, 0.4) is 0 Å². The van der Waals surface area contributed by atoms with Gasteiger partial charge >= 0.3 is 0 Å². The Balaban J connectivity index is 2.25. The quantitative estimate of drug-likeness (QED) is 0.748. The van der Waals surface area contributed by atoms with E-state index in [2.05, 4.69) is 24.8 Å². The average Bonchev–Trinajstić information content (AvgIpc) is 2.27. The van der Waals surface area contributed by atoms with Crippen molar-refractivity contribution in [2.45, 2.75) is 26.1 Å². The number of hydrogen-bond donors (Lipinski definition) is 1. The summed E-state index contributed by atoms with van der Waals surface area (Å²) in [5, 5.41) is 8.81. The summed E-state index contributed by atoms with van der Waals surface area (Å²) in [5.74, 6) is 0. The summed E-state index contributed by atoms with van der Waals surface area (Å²) in [4.78, 5) is 2.22. The summed E-state index contributed by atoms with van der Waals surface area (Å²) >= 11 is 0. The second kappa shape index (κ2) is 4.64. The lowest BCUT2D eigenvalue weighted by Crippen LogP contribution is -2.45. The molecule has 2 N–H and O–H groups in total. The van der Waals surface area contributed by atoms with Crippen LogP contribution in [0.5, 0.6) is 0 Å². The summed E-state index contributed by atoms with van der Waals surface area (Å²) in [6.45, 7) is 5.78. The molecule has 1 aliphatic heterocycles. The smallest absolute Gasteiger partial charge is 0.0992 e. The fourth-order valence-corrected chi connectivity index (χ4v) is 2.29. The number of ether oxygens (including phenoxy) is 1. The molecular formula is C13H17N3O. The first-order valence-electron chi connectivity index (χ1n) is 5.80. The van der Waals surface area contributed by atoms with Gasteiger partial charge in [0.15, 0.2) is 0 Å². The topological polar surface area (TPSA) is 62.3 Å². The van der Waals surface area contributed by atoms with Crippen molar-refractivity contribution in [3.05, 3.63) is 23.8 Å². The molecule has 0 bridgehead atoms. The van der Waals surface area contributed by atoms with Crippen molar-refractivity contribution in [1.29, 1.82) is 5.26 Å². The van der Waals surface area contributed by atoms with Crippen molar-refractivity contribution in [2.24, 2.45) is 0 Å². The van der Waals surface area contributed by atoms with Crippen LogP contribution in [0.2, 0.25) is 0 Å². The summed E-state index contributed by atoms with van der Waals surface area (Å²) in [6.07, 6.45) is 0.405. The van der Waals surface area contributed by atoms with Crippen molar-refractivity contribution >= 4 is 11.4 Å². The van der Waals surface area contributed by atoms with Crippen LogP contribution < -0.4 is 10.6 Å². The average molecular weight is 231 g/mol. The first-order valence-corrected chi connectivity index (χ1v) is 5.80. The number of benzene rings is 1. The SMILES string of the molecule is C[C@@H]1CN(c2ccc(C#N)cc2N)C[C@@H](C)O1. The molecule has 90 valence electrons. The fraction of sp³-hybridized carbons (Fsp3) is 0.462. The monoisotopic (exact) mass is 231 g/mol. The molecule has 0 unspecified atom stereocenters. The molecule has 0 spiro atoms. The van der Waals surface area contributed by atoms with Gasteiger partial charge in [0, 0.05) is 13.1 Å². The van der Waals surface area contributed by atoms with Gasteiger partial charge in [0.1, 0.15) is 0 Å². The van der Waals surface area contributed by atoms with E-state index >= 15 is 0 Å². The predicted octanol–water partition coefficient (Wildman–Crippen LogP) is 1.75. The third-order valence-electron chi connectivity index (χ3n) is 2.92. The standard InChI is InChI=1S/C13H17N3O/c1-9-7-16(8-10(2)17-9)13-4-3-11(6-14)5-12(13)15/h3-5,9-10H,7-8,15H2,1-2H3/t9-,10-/m1/s1. The first kappa shape index (κ1) is 11.7. The highest BCUT2D eigenvalue weighted by Gasteiger charge is 2.23. The predicted molar refractivity (Wildman–Crippen MR) is 67.8 cm³/mol. The van der Waals surface area contributed by atoms with E-state index in [0.717, 1.165) is 18.8 Å². The van der Waals surface area contributed by atoms with Gasteiger partial charge in [0.05, 0.1) is 35.2 Å². The Morgan fingerprint density at radius 3 is 2.53 bits per heavy atom. The van der Waals surface area contributed by atoms with Crippen molar-refractivity contribution in [1.82, 2.24) is 0 Å². The third kappa shape index (κ3) is 2.51. The minimum atomic E-state index is 0.203. The number of rotatable bonds is 1. The van der Waals surface area contributed by atoms with Gasteiger partial charge in [0.25, 0.3) is 0 Å². The summed E-state index contributed by atoms with van der Waals surface area (Å²) in [7, 11) is 0. The maximum Gasteiger partial charge on any atom is 0.0992 e. The maximum atomic E-state index is 8.81. The Labute approximate surface area is 102 Å². The molecule has 0 saturated carbocycles. The van der Waals surface area contributed by atoms with Crippen LogP contribution in [-0.2, 0) is 4.74 Å². The van der Waals surface area contributed by atoms with Crippen LogP contribution in [0.15, 0.2) is 18.2 Å². The van der Waals surface area contributed by atoms with Crippen LogP contribution in [0.25, 0.3) is 0 Å². The fourth-order valence-electron chi connectivity index (χ4n) is 2.29. The molecular weight excluding hydrogens is 214 g/mol. The summed E-state index contributed by atoms with van der Waals surface area (Å²) in [6, 6.07) is 7.53. The summed E-state index contributed by atoms with van der Waals surface area (Å²) in [5.41, 5.74) is 8.23. The molecule has 2 atom stereocenters. The molecule has 4 heteroatoms. The molecule has 0 aromatic heterocycles. The van der Waals surface area contributed by atoms with Crippen molar-refractivity contribution in [3.63, 3.8) is 0 Å². The molecule has 0 radical (unpaired) electrons. The van der Waals surface area contributed by atoms with Gasteiger partial charge < -0.3 is 15.4 Å². The van der Waals surface area contributed by atoms with Crippen LogP contribution >= 0.6 is 0 Å². The van der Waals surface area contributed by atoms with Gasteiger partial charge in [-0.25, -0.2) is 0 Å². The maximum absolute atomic E-state index is 8.81. The zero-order chi connectivity index (χ0) is 12.4. The molecule has 1 heterocycles. The van der Waals surface area contributed by atoms with E-state index in [-0.39, 0.29) is 12.2 Å². The van der Waals surface area contributed by atoms with Crippen molar-refractivity contribution in [2.75, 3.05) is 23.7 Å². The van der Waals surface area contributed by atoms with Gasteiger partial charge in [-0.2, -0.15) is 5.26 Å². The zero-order valence-electron chi connectivity index (χ0n) is 10.2. The number of nitriles is 1. The largest absolute Gasteiger partial charge is 0.397 e. The molecule has 1 fully saturated rings. The zero-order valence-corrected chi connectivity index (χ0v) is 10.2. The molecule has 1 aliphatic rings. The third-order valence-corrected chi connectivity index (χ3v) is 2.92. The Bertz CT molecular complexity index is 442. The molecule has 1 saturated heterocycles. The van der Waals surface area contributed by atoms with Crippen molar-refractivity contribution in [3.8, 4) is 6.07 Å². The number of morpholine rings is 1. The lowest BCUT2D eigenvalue weighted by Gasteiger charge is -2.37. The highest BCUT2D eigenvalue weighted by molar-refractivity contribution is 5.69. The van der Waals surface area contributed by atoms with Crippen molar-refractivity contribution < 1.29 is 4.74 Å². The molecule has 0 aliphatic carbocycles. The Kier molecular flexibility index (Phi) is 3.21. The Morgan fingerprint density at radius 2 is 2.00 bits per heavy atom. The highest BCUT2D eigenvalue weighted by Crippen LogP contribution is 2.27. The minimum absolute atomic E-state index is 0.203. The van der Waals surface area contributed by atoms with E-state index < -0.39 is 0 Å². The van der Waals surface area contributed by atoms with Gasteiger partial charge in [-0.1, -0.05) is 0 Å². The van der Waals surface area contributed by atoms with E-state index in [1.807, 2.05) is 6.07 Å². The van der Waals surface area contributed by atoms with E-state index in [1.54, 1.807) is 12.1 Å². The highest BCUT2D eigenvalue weighted by atomic mass is 16.5. The minimum Gasteiger partial charge on any atom is -0.397 e. The molecule has 17 heavy (non-hydrogen) atoms. The molecule has 4 nitrogen and oxygen atoms in total. The van der Waals surface area contributed by atoms with Gasteiger partial charge in [-0.3, -0.25) is 0 Å². The van der Waals surface area contributed by atoms with E-state index in [1.165, 1.54) is 0 Å². The molecule has 1 aromatic rings. The number of hydrogen-bond acceptors (Lipinski definition) is 4. The lowest BCUT2D eigenvalue weighted by atomic mass is 10.1. The van der Waals surface area contributed by atoms with Gasteiger partial charge in [0.2, 0.25) is 0 Å². The van der Waals surface area contributed by atoms with Gasteiger partial charge in [-0.15, -0.1) is 0 Å². The second-order valence-corrected chi connectivity index (χ2v) is 4.55. The molecule has 0 amide bonds. The Morgan fingerprint density at radius 1 is 1.35 bits per heavy atom. The van der Waals surface area contributed by atoms with Crippen LogP contribution in [0, 0.1) is 11.3 Å². The van der Waals surface area contributed by atoms with Crippen LogP contribution in [0.1, 0.15) is 19.4 Å². The van der Waals surface area contributed by atoms with E-state index in [0.29, 0.717) is 11.3 Å². The number of nitrogens with zero attached hydrogens (tertiary/aromatic N) is 2. The lowest BCUT2D eigenvalue weighted by molar-refractivity contribution is -0.00517. The van der Waals surface area contributed by atoms with E-state index in [4.69, 9.17) is 15.7 Å². The Hall–Kier alpha value is -1.73. The number of anilines is 2. The van der Waals surface area contributed by atoms with Gasteiger partial charge in [-0.05, 0) is 32.0 Å². The normalized spacial score (nSPS) is 24.4. The number of nitrogens with two attached hydrogens (primary N) is 1.